The number of likely N-dealkylation sites (tertiary alicyclic amines) is 1. The second-order valence-corrected chi connectivity index (χ2v) is 6.53. The summed E-state index contributed by atoms with van der Waals surface area (Å²) in [5, 5.41) is 2.82. The van der Waals surface area contributed by atoms with Crippen molar-refractivity contribution in [3.63, 3.8) is 0 Å². The van der Waals surface area contributed by atoms with Gasteiger partial charge < -0.3 is 15.1 Å². The van der Waals surface area contributed by atoms with E-state index in [9.17, 15) is 14.0 Å². The summed E-state index contributed by atoms with van der Waals surface area (Å²) in [6, 6.07) is 13.4. The number of halogens is 1. The van der Waals surface area contributed by atoms with Gasteiger partial charge >= 0.3 is 6.03 Å². The van der Waals surface area contributed by atoms with Gasteiger partial charge in [-0.2, -0.15) is 0 Å². The van der Waals surface area contributed by atoms with Gasteiger partial charge in [-0.15, -0.1) is 0 Å². The molecule has 136 valence electrons. The number of amides is 3. The van der Waals surface area contributed by atoms with E-state index in [2.05, 4.69) is 5.32 Å². The predicted molar refractivity (Wildman–Crippen MR) is 98.0 cm³/mol. The molecule has 2 aromatic rings. The van der Waals surface area contributed by atoms with E-state index in [1.54, 1.807) is 19.2 Å². The van der Waals surface area contributed by atoms with Crippen LogP contribution in [0.5, 0.6) is 0 Å². The van der Waals surface area contributed by atoms with Crippen LogP contribution in [0, 0.1) is 5.82 Å². The highest BCUT2D eigenvalue weighted by molar-refractivity contribution is 5.89. The molecule has 0 aromatic heterocycles. The summed E-state index contributed by atoms with van der Waals surface area (Å²) in [6.07, 6.45) is 1.55. The fourth-order valence-corrected chi connectivity index (χ4v) is 2.98. The molecule has 6 heteroatoms. The molecule has 5 nitrogen and oxygen atoms in total. The first-order valence-electron chi connectivity index (χ1n) is 8.64. The Hall–Kier alpha value is -2.89. The van der Waals surface area contributed by atoms with E-state index in [4.69, 9.17) is 0 Å². The van der Waals surface area contributed by atoms with Crippen LogP contribution in [0.15, 0.2) is 48.5 Å². The van der Waals surface area contributed by atoms with E-state index >= 15 is 0 Å². The number of hydrogen-bond donors (Lipinski definition) is 1. The van der Waals surface area contributed by atoms with Gasteiger partial charge in [0.2, 0.25) is 5.91 Å². The Morgan fingerprint density at radius 2 is 1.96 bits per heavy atom. The average molecular weight is 355 g/mol. The Kier molecular flexibility index (Phi) is 5.51. The van der Waals surface area contributed by atoms with Gasteiger partial charge in [0.1, 0.15) is 5.82 Å². The van der Waals surface area contributed by atoms with Gasteiger partial charge in [-0.3, -0.25) is 4.79 Å². The molecule has 1 heterocycles. The second-order valence-electron chi connectivity index (χ2n) is 6.53. The molecule has 26 heavy (non-hydrogen) atoms. The summed E-state index contributed by atoms with van der Waals surface area (Å²) in [5.41, 5.74) is 2.44. The zero-order chi connectivity index (χ0) is 18.5. The Bertz CT molecular complexity index is 792. The molecule has 0 unspecified atom stereocenters. The second kappa shape index (κ2) is 7.99. The topological polar surface area (TPSA) is 52.7 Å². The van der Waals surface area contributed by atoms with Crippen molar-refractivity contribution >= 4 is 17.6 Å². The number of carbonyl (C=O) groups is 2. The molecule has 0 saturated carbocycles. The van der Waals surface area contributed by atoms with E-state index in [0.717, 1.165) is 24.1 Å². The number of benzene rings is 2. The quantitative estimate of drug-likeness (QED) is 0.891. The van der Waals surface area contributed by atoms with Crippen LogP contribution in [0.4, 0.5) is 14.9 Å². The van der Waals surface area contributed by atoms with Crippen LogP contribution in [0.3, 0.4) is 0 Å². The van der Waals surface area contributed by atoms with Crippen molar-refractivity contribution in [2.45, 2.75) is 25.9 Å². The van der Waals surface area contributed by atoms with Gasteiger partial charge in [-0.25, -0.2) is 9.18 Å². The maximum Gasteiger partial charge on any atom is 0.321 e. The fraction of sp³-hybridized carbons (Fsp3) is 0.300. The first kappa shape index (κ1) is 17.9. The lowest BCUT2D eigenvalue weighted by Gasteiger charge is -2.19. The molecule has 1 N–H and O–H groups in total. The maximum absolute atomic E-state index is 13.2. The van der Waals surface area contributed by atoms with Crippen LogP contribution >= 0.6 is 0 Å². The highest BCUT2D eigenvalue weighted by atomic mass is 19.1. The van der Waals surface area contributed by atoms with Crippen LogP contribution in [0.1, 0.15) is 24.0 Å². The minimum absolute atomic E-state index is 0.196. The summed E-state index contributed by atoms with van der Waals surface area (Å²) in [5.74, 6) is -0.121. The van der Waals surface area contributed by atoms with Crippen molar-refractivity contribution in [3.05, 3.63) is 65.5 Å². The van der Waals surface area contributed by atoms with E-state index in [-0.39, 0.29) is 17.8 Å². The Balaban J connectivity index is 1.54. The van der Waals surface area contributed by atoms with Crippen LogP contribution in [-0.2, 0) is 17.9 Å². The van der Waals surface area contributed by atoms with Crippen molar-refractivity contribution in [1.29, 1.82) is 0 Å². The third kappa shape index (κ3) is 4.59. The number of anilines is 1. The number of hydrogen-bond acceptors (Lipinski definition) is 2. The summed E-state index contributed by atoms with van der Waals surface area (Å²) < 4.78 is 13.2. The van der Waals surface area contributed by atoms with Crippen LogP contribution in [-0.4, -0.2) is 35.3 Å². The molecule has 0 spiro atoms. The van der Waals surface area contributed by atoms with Crippen molar-refractivity contribution in [1.82, 2.24) is 9.80 Å². The SMILES string of the molecule is CN(Cc1cccc(F)c1)C(=O)Nc1ccc(CN2CCCC2=O)cc1. The third-order valence-electron chi connectivity index (χ3n) is 4.41. The molecule has 1 aliphatic rings. The van der Waals surface area contributed by atoms with Gasteiger partial charge in [-0.1, -0.05) is 24.3 Å². The molecule has 3 rings (SSSR count). The van der Waals surface area contributed by atoms with Gasteiger partial charge in [0.05, 0.1) is 0 Å². The number of nitrogens with zero attached hydrogens (tertiary/aromatic N) is 2. The number of nitrogens with one attached hydrogen (secondary N) is 1. The first-order valence-corrected chi connectivity index (χ1v) is 8.64. The normalized spacial score (nSPS) is 13.8. The zero-order valence-corrected chi connectivity index (χ0v) is 14.7. The summed E-state index contributed by atoms with van der Waals surface area (Å²) >= 11 is 0. The lowest BCUT2D eigenvalue weighted by atomic mass is 10.2. The molecule has 1 aliphatic heterocycles. The van der Waals surface area contributed by atoms with E-state index in [0.29, 0.717) is 25.2 Å². The molecule has 0 radical (unpaired) electrons. The fourth-order valence-electron chi connectivity index (χ4n) is 2.98. The lowest BCUT2D eigenvalue weighted by Crippen LogP contribution is -2.30. The molecule has 3 amide bonds. The zero-order valence-electron chi connectivity index (χ0n) is 14.7. The predicted octanol–water partition coefficient (Wildman–Crippen LogP) is 3.61. The van der Waals surface area contributed by atoms with Crippen molar-refractivity contribution < 1.29 is 14.0 Å². The van der Waals surface area contributed by atoms with Gasteiger partial charge in [-0.05, 0) is 41.8 Å². The highest BCUT2D eigenvalue weighted by Crippen LogP contribution is 2.17. The Morgan fingerprint density at radius 3 is 2.62 bits per heavy atom. The van der Waals surface area contributed by atoms with E-state index in [1.807, 2.05) is 29.2 Å². The number of carbonyl (C=O) groups excluding carboxylic acids is 2. The lowest BCUT2D eigenvalue weighted by molar-refractivity contribution is -0.128. The molecule has 0 aliphatic carbocycles. The maximum atomic E-state index is 13.2. The minimum Gasteiger partial charge on any atom is -0.338 e. The van der Waals surface area contributed by atoms with Gasteiger partial charge in [0.15, 0.2) is 0 Å². The van der Waals surface area contributed by atoms with Crippen molar-refractivity contribution in [3.8, 4) is 0 Å². The molecular formula is C20H22FN3O2. The molecule has 0 bridgehead atoms. The summed E-state index contributed by atoms with van der Waals surface area (Å²) in [7, 11) is 1.66. The molecule has 2 aromatic carbocycles. The van der Waals surface area contributed by atoms with Crippen molar-refractivity contribution in [2.24, 2.45) is 0 Å². The largest absolute Gasteiger partial charge is 0.338 e. The molecular weight excluding hydrogens is 333 g/mol. The van der Waals surface area contributed by atoms with E-state index in [1.165, 1.54) is 17.0 Å². The summed E-state index contributed by atoms with van der Waals surface area (Å²) in [6.45, 7) is 1.73. The van der Waals surface area contributed by atoms with Crippen molar-refractivity contribution in [2.75, 3.05) is 18.9 Å². The Labute approximate surface area is 152 Å². The number of rotatable bonds is 5. The van der Waals surface area contributed by atoms with E-state index < -0.39 is 0 Å². The average Bonchev–Trinajstić information content (AvgIpc) is 3.01. The standard InChI is InChI=1S/C20H22FN3O2/c1-23(13-16-4-2-5-17(21)12-16)20(26)22-18-9-7-15(8-10-18)14-24-11-3-6-19(24)25/h2,4-5,7-10,12H,3,6,11,13-14H2,1H3,(H,22,26). The third-order valence-corrected chi connectivity index (χ3v) is 4.41. The molecule has 1 saturated heterocycles. The minimum atomic E-state index is -0.316. The monoisotopic (exact) mass is 355 g/mol. The molecule has 1 fully saturated rings. The van der Waals surface area contributed by atoms with Crippen LogP contribution < -0.4 is 5.32 Å². The number of urea groups is 1. The smallest absolute Gasteiger partial charge is 0.321 e. The van der Waals surface area contributed by atoms with Gasteiger partial charge in [0.25, 0.3) is 0 Å². The van der Waals surface area contributed by atoms with Crippen LogP contribution in [0.25, 0.3) is 0 Å². The summed E-state index contributed by atoms with van der Waals surface area (Å²) in [4.78, 5) is 27.3. The van der Waals surface area contributed by atoms with Gasteiger partial charge in [0, 0.05) is 38.8 Å². The van der Waals surface area contributed by atoms with Crippen LogP contribution in [0.2, 0.25) is 0 Å². The first-order chi connectivity index (χ1) is 12.5. The highest BCUT2D eigenvalue weighted by Gasteiger charge is 2.19. The Morgan fingerprint density at radius 1 is 1.19 bits per heavy atom. The molecule has 0 atom stereocenters.